The largest absolute Gasteiger partial charge is 0.489 e. The summed E-state index contributed by atoms with van der Waals surface area (Å²) in [6.45, 7) is 0.467. The van der Waals surface area contributed by atoms with E-state index in [9.17, 15) is 19.6 Å². The Kier molecular flexibility index (Phi) is 4.76. The quantitative estimate of drug-likeness (QED) is 0.439. The summed E-state index contributed by atoms with van der Waals surface area (Å²) in [6, 6.07) is 7.54. The molecule has 1 aliphatic heterocycles. The monoisotopic (exact) mass is 376 g/mol. The Balaban J connectivity index is 1.75. The second kappa shape index (κ2) is 7.38. The Bertz CT molecular complexity index is 1020. The van der Waals surface area contributed by atoms with Crippen LogP contribution in [0.15, 0.2) is 49.1 Å². The highest BCUT2D eigenvalue weighted by Crippen LogP contribution is 2.33. The van der Waals surface area contributed by atoms with Crippen molar-refractivity contribution in [3.05, 3.63) is 77.1 Å². The molecule has 0 fully saturated rings. The molecule has 1 aliphatic rings. The number of fused-ring (bicyclic) bond motifs is 1. The van der Waals surface area contributed by atoms with Gasteiger partial charge in [-0.3, -0.25) is 14.6 Å². The van der Waals surface area contributed by atoms with Gasteiger partial charge in [0.1, 0.15) is 12.3 Å². The number of aromatic nitrogens is 3. The molecule has 0 saturated carbocycles. The Hall–Kier alpha value is -3.30. The van der Waals surface area contributed by atoms with Crippen LogP contribution in [0.4, 0.5) is 0 Å². The molecule has 1 amide bonds. The fourth-order valence-corrected chi connectivity index (χ4v) is 3.58. The van der Waals surface area contributed by atoms with Crippen LogP contribution in [-0.4, -0.2) is 55.8 Å². The Labute approximate surface area is 161 Å². The summed E-state index contributed by atoms with van der Waals surface area (Å²) < 4.78 is 0. The highest BCUT2D eigenvalue weighted by molar-refractivity contribution is 6.60. The smallest absolute Gasteiger partial charge is 0.423 e. The van der Waals surface area contributed by atoms with Crippen molar-refractivity contribution in [2.24, 2.45) is 0 Å². The average molecular weight is 376 g/mol. The van der Waals surface area contributed by atoms with Crippen molar-refractivity contribution in [2.75, 3.05) is 6.54 Å². The molecule has 1 aromatic carbocycles. The third-order valence-corrected chi connectivity index (χ3v) is 4.92. The summed E-state index contributed by atoms with van der Waals surface area (Å²) in [4.78, 5) is 38.0. The molecule has 4 rings (SSSR count). The van der Waals surface area contributed by atoms with E-state index in [1.807, 2.05) is 6.07 Å². The summed E-state index contributed by atoms with van der Waals surface area (Å²) in [6.07, 6.45) is 6.12. The third-order valence-electron chi connectivity index (χ3n) is 4.92. The Morgan fingerprint density at radius 2 is 2.18 bits per heavy atom. The normalized spacial score (nSPS) is 15.8. The maximum absolute atomic E-state index is 13.3. The molecule has 1 atom stereocenters. The topological polar surface area (TPSA) is 119 Å². The van der Waals surface area contributed by atoms with E-state index >= 15 is 0 Å². The fraction of sp³-hybridized carbons (Fsp3) is 0.158. The number of aldehydes is 1. The molecule has 3 aromatic rings. The Morgan fingerprint density at radius 3 is 2.89 bits per heavy atom. The molecule has 3 N–H and O–H groups in total. The zero-order chi connectivity index (χ0) is 19.7. The fourth-order valence-electron chi connectivity index (χ4n) is 3.58. The van der Waals surface area contributed by atoms with Crippen LogP contribution in [-0.2, 0) is 6.42 Å². The van der Waals surface area contributed by atoms with Gasteiger partial charge in [-0.15, -0.1) is 0 Å². The van der Waals surface area contributed by atoms with Gasteiger partial charge in [0.2, 0.25) is 0 Å². The number of aromatic amines is 1. The standard InChI is InChI=1S/C19H17BN4O4/c25-10-14-8-12(3-4-15(14)20(27)28)19(26)24-7-5-16-17(23-11-22-16)18(24)13-2-1-6-21-9-13/h1-4,6,8-11,18,27-28H,5,7H2,(H,22,23). The SMILES string of the molecule is O=Cc1cc(C(=O)N2CCc3[nH]cnc3C2c2cccnc2)ccc1B(O)O. The van der Waals surface area contributed by atoms with Gasteiger partial charge in [-0.25, -0.2) is 4.98 Å². The summed E-state index contributed by atoms with van der Waals surface area (Å²) >= 11 is 0. The number of hydrogen-bond donors (Lipinski definition) is 3. The maximum atomic E-state index is 13.3. The van der Waals surface area contributed by atoms with Gasteiger partial charge in [0.15, 0.2) is 0 Å². The van der Waals surface area contributed by atoms with Gasteiger partial charge < -0.3 is 19.9 Å². The molecule has 9 heteroatoms. The molecular weight excluding hydrogens is 359 g/mol. The first-order chi connectivity index (χ1) is 13.6. The number of hydrogen-bond acceptors (Lipinski definition) is 6. The number of nitrogens with zero attached hydrogens (tertiary/aromatic N) is 3. The van der Waals surface area contributed by atoms with Gasteiger partial charge in [0, 0.05) is 42.2 Å². The lowest BCUT2D eigenvalue weighted by Gasteiger charge is -2.35. The van der Waals surface area contributed by atoms with E-state index < -0.39 is 13.2 Å². The molecular formula is C19H17BN4O4. The minimum atomic E-state index is -1.78. The predicted octanol–water partition coefficient (Wildman–Crippen LogP) is 0.0849. The third kappa shape index (κ3) is 3.10. The number of H-pyrrole nitrogens is 1. The highest BCUT2D eigenvalue weighted by atomic mass is 16.4. The molecule has 0 bridgehead atoms. The predicted molar refractivity (Wildman–Crippen MR) is 101 cm³/mol. The minimum absolute atomic E-state index is 0.0589. The molecule has 0 saturated heterocycles. The van der Waals surface area contributed by atoms with E-state index in [1.54, 1.807) is 29.7 Å². The van der Waals surface area contributed by atoms with E-state index in [4.69, 9.17) is 0 Å². The molecule has 0 radical (unpaired) electrons. The van der Waals surface area contributed by atoms with Crippen molar-refractivity contribution in [3.8, 4) is 0 Å². The van der Waals surface area contributed by atoms with Gasteiger partial charge in [-0.1, -0.05) is 12.1 Å². The van der Waals surface area contributed by atoms with Crippen LogP contribution in [0.3, 0.4) is 0 Å². The van der Waals surface area contributed by atoms with Crippen LogP contribution in [0.1, 0.15) is 43.7 Å². The lowest BCUT2D eigenvalue weighted by Crippen LogP contribution is -2.41. The number of amides is 1. The number of benzene rings is 1. The van der Waals surface area contributed by atoms with E-state index in [2.05, 4.69) is 15.0 Å². The molecule has 140 valence electrons. The van der Waals surface area contributed by atoms with Crippen molar-refractivity contribution >= 4 is 24.8 Å². The summed E-state index contributed by atoms with van der Waals surface area (Å²) in [5.41, 5.74) is 3.00. The molecule has 0 aliphatic carbocycles. The molecule has 8 nitrogen and oxygen atoms in total. The molecule has 2 aromatic heterocycles. The van der Waals surface area contributed by atoms with Crippen LogP contribution in [0.2, 0.25) is 0 Å². The Morgan fingerprint density at radius 1 is 1.32 bits per heavy atom. The number of carbonyl (C=O) groups is 2. The van der Waals surface area contributed by atoms with Crippen LogP contribution in [0.5, 0.6) is 0 Å². The zero-order valence-electron chi connectivity index (χ0n) is 14.8. The van der Waals surface area contributed by atoms with Gasteiger partial charge in [0.25, 0.3) is 5.91 Å². The van der Waals surface area contributed by atoms with E-state index in [1.165, 1.54) is 18.2 Å². The van der Waals surface area contributed by atoms with Crippen LogP contribution >= 0.6 is 0 Å². The first-order valence-electron chi connectivity index (χ1n) is 8.78. The summed E-state index contributed by atoms with van der Waals surface area (Å²) in [5, 5.41) is 18.7. The van der Waals surface area contributed by atoms with Crippen LogP contribution < -0.4 is 5.46 Å². The molecule has 1 unspecified atom stereocenters. The second-order valence-corrected chi connectivity index (χ2v) is 6.54. The summed E-state index contributed by atoms with van der Waals surface area (Å²) in [7, 11) is -1.78. The number of rotatable bonds is 4. The average Bonchev–Trinajstić information content (AvgIpc) is 3.21. The number of nitrogens with one attached hydrogen (secondary N) is 1. The maximum Gasteiger partial charge on any atom is 0.489 e. The van der Waals surface area contributed by atoms with Gasteiger partial charge in [-0.05, 0) is 29.2 Å². The first-order valence-corrected chi connectivity index (χ1v) is 8.78. The van der Waals surface area contributed by atoms with Gasteiger partial charge in [0.05, 0.1) is 12.0 Å². The van der Waals surface area contributed by atoms with Crippen molar-refractivity contribution in [1.29, 1.82) is 0 Å². The van der Waals surface area contributed by atoms with Gasteiger partial charge >= 0.3 is 7.12 Å². The van der Waals surface area contributed by atoms with E-state index in [0.717, 1.165) is 17.0 Å². The second-order valence-electron chi connectivity index (χ2n) is 6.54. The number of imidazole rings is 1. The van der Waals surface area contributed by atoms with E-state index in [0.29, 0.717) is 24.8 Å². The van der Waals surface area contributed by atoms with Crippen LogP contribution in [0.25, 0.3) is 0 Å². The first kappa shape index (κ1) is 18.1. The lowest BCUT2D eigenvalue weighted by atomic mass is 9.76. The van der Waals surface area contributed by atoms with E-state index in [-0.39, 0.29) is 16.9 Å². The molecule has 3 heterocycles. The van der Waals surface area contributed by atoms with Crippen LogP contribution in [0, 0.1) is 0 Å². The molecule has 0 spiro atoms. The summed E-state index contributed by atoms with van der Waals surface area (Å²) in [5.74, 6) is -0.274. The zero-order valence-corrected chi connectivity index (χ0v) is 14.8. The minimum Gasteiger partial charge on any atom is -0.423 e. The van der Waals surface area contributed by atoms with Crippen molar-refractivity contribution < 1.29 is 19.6 Å². The highest BCUT2D eigenvalue weighted by Gasteiger charge is 2.35. The van der Waals surface area contributed by atoms with Crippen molar-refractivity contribution in [2.45, 2.75) is 12.5 Å². The van der Waals surface area contributed by atoms with Gasteiger partial charge in [-0.2, -0.15) is 0 Å². The van der Waals surface area contributed by atoms with Crippen molar-refractivity contribution in [3.63, 3.8) is 0 Å². The lowest BCUT2D eigenvalue weighted by molar-refractivity contribution is 0.0690. The number of carbonyl (C=O) groups excluding carboxylic acids is 2. The number of pyridine rings is 1. The molecule has 28 heavy (non-hydrogen) atoms. The van der Waals surface area contributed by atoms with Crippen molar-refractivity contribution in [1.82, 2.24) is 19.9 Å².